The van der Waals surface area contributed by atoms with Crippen LogP contribution in [0.25, 0.3) is 0 Å². The fraction of sp³-hybridized carbons (Fsp3) is 0.312. The molecule has 0 saturated heterocycles. The second kappa shape index (κ2) is 8.50. The molecule has 7 heteroatoms. The molecule has 0 aliphatic rings. The summed E-state index contributed by atoms with van der Waals surface area (Å²) in [5.74, 6) is -0.205. The predicted octanol–water partition coefficient (Wildman–Crippen LogP) is 2.93. The minimum atomic E-state index is -3.88. The molecule has 1 aromatic carbocycles. The average molecular weight is 334 g/mol. The zero-order valence-electron chi connectivity index (χ0n) is 12.7. The number of benzene rings is 1. The van der Waals surface area contributed by atoms with Crippen LogP contribution in [0.4, 0.5) is 5.69 Å². The molecule has 0 radical (unpaired) electrons. The molecule has 2 rings (SSSR count). The lowest BCUT2D eigenvalue weighted by atomic mass is 10.3. The first-order valence-corrected chi connectivity index (χ1v) is 9.00. The number of aryl methyl sites for hydroxylation is 1. The zero-order chi connectivity index (χ0) is 16.5. The molecule has 0 saturated carbocycles. The molecule has 23 heavy (non-hydrogen) atoms. The summed E-state index contributed by atoms with van der Waals surface area (Å²) in [7, 11) is -3.88. The van der Waals surface area contributed by atoms with Crippen LogP contribution in [0.1, 0.15) is 18.5 Å². The maximum Gasteiger partial charge on any atom is 0.264 e. The summed E-state index contributed by atoms with van der Waals surface area (Å²) in [6.45, 7) is 1.13. The molecule has 0 bridgehead atoms. The summed E-state index contributed by atoms with van der Waals surface area (Å²) in [4.78, 5) is 0. The molecule has 122 valence electrons. The SMILES string of the molecule is O=S(=O)(O)CCCC[n+]1ccccc1CN=Nc1ccccc1. The first-order chi connectivity index (χ1) is 11.0. The first kappa shape index (κ1) is 17.2. The van der Waals surface area contributed by atoms with Crippen molar-refractivity contribution in [2.45, 2.75) is 25.9 Å². The Balaban J connectivity index is 1.91. The van der Waals surface area contributed by atoms with E-state index in [1.165, 1.54) is 0 Å². The normalized spacial score (nSPS) is 11.9. The second-order valence-corrected chi connectivity index (χ2v) is 6.69. The number of pyridine rings is 1. The van der Waals surface area contributed by atoms with Gasteiger partial charge in [-0.25, -0.2) is 4.57 Å². The summed E-state index contributed by atoms with van der Waals surface area (Å²) in [6, 6.07) is 15.3. The van der Waals surface area contributed by atoms with Crippen molar-refractivity contribution >= 4 is 15.8 Å². The number of nitrogens with zero attached hydrogens (tertiary/aromatic N) is 3. The number of aromatic nitrogens is 1. The molecular formula is C16H20N3O3S+. The van der Waals surface area contributed by atoms with E-state index < -0.39 is 10.1 Å². The Labute approximate surface area is 136 Å². The van der Waals surface area contributed by atoms with Crippen LogP contribution in [-0.4, -0.2) is 18.7 Å². The van der Waals surface area contributed by atoms with Crippen LogP contribution in [0.5, 0.6) is 0 Å². The number of rotatable bonds is 8. The van der Waals surface area contributed by atoms with Crippen molar-refractivity contribution in [3.63, 3.8) is 0 Å². The molecule has 1 N–H and O–H groups in total. The van der Waals surface area contributed by atoms with Crippen LogP contribution >= 0.6 is 0 Å². The van der Waals surface area contributed by atoms with Crippen LogP contribution in [0.15, 0.2) is 65.0 Å². The lowest BCUT2D eigenvalue weighted by Gasteiger charge is -2.01. The Morgan fingerprint density at radius 1 is 1.00 bits per heavy atom. The third-order valence-corrected chi connectivity index (χ3v) is 4.07. The Morgan fingerprint density at radius 3 is 2.48 bits per heavy atom. The number of unbranched alkanes of at least 4 members (excludes halogenated alkanes) is 1. The van der Waals surface area contributed by atoms with Crippen molar-refractivity contribution in [1.82, 2.24) is 0 Å². The van der Waals surface area contributed by atoms with Gasteiger partial charge >= 0.3 is 0 Å². The zero-order valence-corrected chi connectivity index (χ0v) is 13.6. The van der Waals surface area contributed by atoms with Gasteiger partial charge in [-0.05, 0) is 18.6 Å². The van der Waals surface area contributed by atoms with Crippen LogP contribution in [0.3, 0.4) is 0 Å². The molecule has 0 amide bonds. The van der Waals surface area contributed by atoms with Gasteiger partial charge in [0.2, 0.25) is 5.69 Å². The van der Waals surface area contributed by atoms with Gasteiger partial charge in [0.05, 0.1) is 11.4 Å². The summed E-state index contributed by atoms with van der Waals surface area (Å²) >= 11 is 0. The highest BCUT2D eigenvalue weighted by atomic mass is 32.2. The topological polar surface area (TPSA) is 83.0 Å². The van der Waals surface area contributed by atoms with Gasteiger partial charge in [0.1, 0.15) is 13.1 Å². The van der Waals surface area contributed by atoms with E-state index in [-0.39, 0.29) is 5.75 Å². The Bertz CT molecular complexity index is 746. The van der Waals surface area contributed by atoms with E-state index in [2.05, 4.69) is 10.2 Å². The maximum absolute atomic E-state index is 10.7. The van der Waals surface area contributed by atoms with Crippen molar-refractivity contribution in [3.05, 3.63) is 60.4 Å². The maximum atomic E-state index is 10.7. The molecule has 0 aliphatic heterocycles. The van der Waals surface area contributed by atoms with Gasteiger partial charge in [0, 0.05) is 18.6 Å². The van der Waals surface area contributed by atoms with Gasteiger partial charge in [-0.15, -0.1) is 0 Å². The minimum Gasteiger partial charge on any atom is -0.286 e. The smallest absolute Gasteiger partial charge is 0.264 e. The third kappa shape index (κ3) is 6.66. The molecule has 6 nitrogen and oxygen atoms in total. The average Bonchev–Trinajstić information content (AvgIpc) is 2.53. The standard InChI is InChI=1S/C16H19N3O3S/c20-23(21,22)13-7-6-12-19-11-5-4-10-16(19)14-17-18-15-8-2-1-3-9-15/h1-5,8-11H,6-7,12-14H2/p+1. The fourth-order valence-corrected chi connectivity index (χ4v) is 2.69. The Kier molecular flexibility index (Phi) is 6.37. The highest BCUT2D eigenvalue weighted by molar-refractivity contribution is 7.85. The number of azo groups is 1. The molecule has 0 spiro atoms. The number of hydrogen-bond donors (Lipinski definition) is 1. The Morgan fingerprint density at radius 2 is 1.74 bits per heavy atom. The molecule has 1 aromatic heterocycles. The third-order valence-electron chi connectivity index (χ3n) is 3.26. The highest BCUT2D eigenvalue weighted by Gasteiger charge is 2.10. The lowest BCUT2D eigenvalue weighted by molar-refractivity contribution is -0.704. The molecule has 0 atom stereocenters. The van der Waals surface area contributed by atoms with Crippen molar-refractivity contribution in [1.29, 1.82) is 0 Å². The largest absolute Gasteiger partial charge is 0.286 e. The van der Waals surface area contributed by atoms with E-state index in [9.17, 15) is 8.42 Å². The molecule has 0 aliphatic carbocycles. The van der Waals surface area contributed by atoms with E-state index in [1.54, 1.807) is 0 Å². The van der Waals surface area contributed by atoms with Crippen molar-refractivity contribution in [2.75, 3.05) is 5.75 Å². The van der Waals surface area contributed by atoms with Crippen molar-refractivity contribution in [3.8, 4) is 0 Å². The summed E-state index contributed by atoms with van der Waals surface area (Å²) in [6.07, 6.45) is 3.02. The monoisotopic (exact) mass is 334 g/mol. The van der Waals surface area contributed by atoms with Crippen molar-refractivity contribution < 1.29 is 17.5 Å². The van der Waals surface area contributed by atoms with Gasteiger partial charge in [-0.1, -0.05) is 24.3 Å². The predicted molar refractivity (Wildman–Crippen MR) is 86.9 cm³/mol. The van der Waals surface area contributed by atoms with Gasteiger partial charge in [0.15, 0.2) is 6.20 Å². The van der Waals surface area contributed by atoms with Crippen LogP contribution in [-0.2, 0) is 23.2 Å². The van der Waals surface area contributed by atoms with E-state index in [0.717, 1.165) is 11.4 Å². The molecule has 0 unspecified atom stereocenters. The van der Waals surface area contributed by atoms with Gasteiger partial charge in [0.25, 0.3) is 10.1 Å². The number of hydrogen-bond acceptors (Lipinski definition) is 4. The van der Waals surface area contributed by atoms with Gasteiger partial charge < -0.3 is 0 Å². The highest BCUT2D eigenvalue weighted by Crippen LogP contribution is 2.10. The second-order valence-electron chi connectivity index (χ2n) is 5.11. The molecule has 0 fully saturated rings. The molecule has 2 aromatic rings. The van der Waals surface area contributed by atoms with Gasteiger partial charge in [-0.3, -0.25) is 4.55 Å². The summed E-state index contributed by atoms with van der Waals surface area (Å²) < 4.78 is 32.2. The van der Waals surface area contributed by atoms with E-state index >= 15 is 0 Å². The first-order valence-electron chi connectivity index (χ1n) is 7.40. The summed E-state index contributed by atoms with van der Waals surface area (Å²) in [5, 5.41) is 8.38. The summed E-state index contributed by atoms with van der Waals surface area (Å²) in [5.41, 5.74) is 1.81. The minimum absolute atomic E-state index is 0.205. The van der Waals surface area contributed by atoms with Crippen LogP contribution < -0.4 is 4.57 Å². The van der Waals surface area contributed by atoms with E-state index in [1.807, 2.05) is 59.3 Å². The molecule has 1 heterocycles. The van der Waals surface area contributed by atoms with Crippen LogP contribution in [0, 0.1) is 0 Å². The van der Waals surface area contributed by atoms with Crippen molar-refractivity contribution in [2.24, 2.45) is 10.2 Å². The molecular weight excluding hydrogens is 314 g/mol. The quantitative estimate of drug-likeness (QED) is 0.349. The Hall–Kier alpha value is -2.12. The van der Waals surface area contributed by atoms with E-state index in [0.29, 0.717) is 25.9 Å². The van der Waals surface area contributed by atoms with Gasteiger partial charge in [-0.2, -0.15) is 18.6 Å². The van der Waals surface area contributed by atoms with Crippen LogP contribution in [0.2, 0.25) is 0 Å². The van der Waals surface area contributed by atoms with E-state index in [4.69, 9.17) is 4.55 Å². The fourth-order valence-electron chi connectivity index (χ4n) is 2.12. The lowest BCUT2D eigenvalue weighted by Crippen LogP contribution is -2.37.